The normalized spacial score (nSPS) is 9.20. The monoisotopic (exact) mass is 322 g/mol. The number of hydrogen-bond acceptors (Lipinski definition) is 3. The quantitative estimate of drug-likeness (QED) is 0.364. The van der Waals surface area contributed by atoms with E-state index in [9.17, 15) is 4.79 Å². The molecule has 0 unspecified atom stereocenters. The maximum absolute atomic E-state index is 11.1. The summed E-state index contributed by atoms with van der Waals surface area (Å²) in [6.07, 6.45) is 5.55. The molecule has 0 radical (unpaired) electrons. The third-order valence-electron chi connectivity index (χ3n) is 1.93. The zero-order valence-corrected chi connectivity index (χ0v) is 11.1. The molecule has 0 bridgehead atoms. The van der Waals surface area contributed by atoms with Crippen LogP contribution in [0.4, 0.5) is 0 Å². The molecule has 0 amide bonds. The van der Waals surface area contributed by atoms with E-state index in [4.69, 9.17) is 0 Å². The Bertz CT molecular complexity index is 301. The van der Waals surface area contributed by atoms with E-state index in [1.54, 1.807) is 12.3 Å². The molecule has 0 aliphatic heterocycles. The predicted octanol–water partition coefficient (Wildman–Crippen LogP) is -2.04. The minimum atomic E-state index is -0.347. The van der Waals surface area contributed by atoms with Crippen LogP contribution in [0, 0.1) is 0 Å². The molecule has 0 aliphatic rings. The van der Waals surface area contributed by atoms with Crippen LogP contribution in [0.1, 0.15) is 30.1 Å². The Labute approximate surface area is 107 Å². The largest absolute Gasteiger partial charge is 1.00 e. The van der Waals surface area contributed by atoms with E-state index in [-0.39, 0.29) is 29.9 Å². The average molecular weight is 322 g/mol. The fourth-order valence-corrected chi connectivity index (χ4v) is 1.08. The number of rotatable bonds is 4. The van der Waals surface area contributed by atoms with E-state index in [1.165, 1.54) is 13.3 Å². The summed E-state index contributed by atoms with van der Waals surface area (Å²) in [6.45, 7) is 3.02. The van der Waals surface area contributed by atoms with Crippen molar-refractivity contribution in [1.29, 1.82) is 0 Å². The first-order valence-corrected chi connectivity index (χ1v) is 4.72. The number of aromatic nitrogens is 2. The molecular weight excluding hydrogens is 307 g/mol. The van der Waals surface area contributed by atoms with Crippen LogP contribution in [-0.2, 0) is 11.3 Å². The van der Waals surface area contributed by atoms with Gasteiger partial charge in [0.2, 0.25) is 0 Å². The first-order chi connectivity index (χ1) is 6.77. The van der Waals surface area contributed by atoms with Crippen LogP contribution in [0.15, 0.2) is 18.5 Å². The third kappa shape index (κ3) is 4.55. The fraction of sp³-hybridized carbons (Fsp3) is 0.500. The van der Waals surface area contributed by atoms with Crippen LogP contribution in [0.5, 0.6) is 0 Å². The first kappa shape index (κ1) is 14.3. The molecule has 0 fully saturated rings. The summed E-state index contributed by atoms with van der Waals surface area (Å²) in [5.41, 5.74) is 0.486. The highest BCUT2D eigenvalue weighted by Crippen LogP contribution is 1.95. The third-order valence-corrected chi connectivity index (χ3v) is 1.93. The Morgan fingerprint density at radius 2 is 2.33 bits per heavy atom. The SMILES string of the molecule is CCCC[n+]1ccc(C(=O)OC)cn1.[I-]. The number of carbonyl (C=O) groups is 1. The Kier molecular flexibility index (Phi) is 7.19. The molecule has 1 heterocycles. The standard InChI is InChI=1S/C10H15N2O2.HI/c1-3-4-6-12-7-5-9(8-11-12)10(13)14-2;/h5,7-8H,3-4,6H2,1-2H3;1H/q+1;/p-1. The molecule has 4 nitrogen and oxygen atoms in total. The average Bonchev–Trinajstić information content (AvgIpc) is 2.26. The summed E-state index contributed by atoms with van der Waals surface area (Å²) in [6, 6.07) is 1.72. The van der Waals surface area contributed by atoms with Crippen LogP contribution < -0.4 is 28.7 Å². The number of nitrogens with zero attached hydrogens (tertiary/aromatic N) is 2. The molecule has 0 aromatic carbocycles. The summed E-state index contributed by atoms with van der Waals surface area (Å²) < 4.78 is 6.38. The molecule has 0 N–H and O–H groups in total. The molecule has 1 aromatic heterocycles. The molecule has 1 aromatic rings. The molecule has 1 rings (SSSR count). The molecule has 0 saturated heterocycles. The lowest BCUT2D eigenvalue weighted by atomic mass is 10.3. The van der Waals surface area contributed by atoms with Crippen LogP contribution in [0.2, 0.25) is 0 Å². The van der Waals surface area contributed by atoms with Gasteiger partial charge < -0.3 is 28.7 Å². The minimum Gasteiger partial charge on any atom is -1.00 e. The van der Waals surface area contributed by atoms with Crippen molar-refractivity contribution in [2.45, 2.75) is 26.3 Å². The first-order valence-electron chi connectivity index (χ1n) is 4.72. The molecule has 0 saturated carbocycles. The molecule has 15 heavy (non-hydrogen) atoms. The molecule has 0 aliphatic carbocycles. The highest BCUT2D eigenvalue weighted by Gasteiger charge is 2.08. The lowest BCUT2D eigenvalue weighted by molar-refractivity contribution is -0.754. The summed E-state index contributed by atoms with van der Waals surface area (Å²) in [5, 5.41) is 4.10. The van der Waals surface area contributed by atoms with Gasteiger partial charge in [0.25, 0.3) is 0 Å². The van der Waals surface area contributed by atoms with Gasteiger partial charge >= 0.3 is 5.97 Å². The zero-order chi connectivity index (χ0) is 10.4. The number of unbranched alkanes of at least 4 members (excludes halogenated alkanes) is 1. The van der Waals surface area contributed by atoms with Gasteiger partial charge in [-0.25, -0.2) is 4.79 Å². The Hall–Kier alpha value is -0.720. The van der Waals surface area contributed by atoms with Crippen molar-refractivity contribution >= 4 is 5.97 Å². The van der Waals surface area contributed by atoms with Gasteiger partial charge in [0, 0.05) is 12.5 Å². The molecule has 5 heteroatoms. The summed E-state index contributed by atoms with van der Waals surface area (Å²) in [5.74, 6) is -0.347. The van der Waals surface area contributed by atoms with Gasteiger partial charge in [-0.05, 0) is 5.10 Å². The number of halogens is 1. The van der Waals surface area contributed by atoms with Crippen molar-refractivity contribution in [3.05, 3.63) is 24.0 Å². The van der Waals surface area contributed by atoms with E-state index in [2.05, 4.69) is 16.8 Å². The van der Waals surface area contributed by atoms with Crippen molar-refractivity contribution in [2.75, 3.05) is 7.11 Å². The van der Waals surface area contributed by atoms with Gasteiger partial charge in [0.15, 0.2) is 12.7 Å². The fourth-order valence-electron chi connectivity index (χ4n) is 1.08. The van der Waals surface area contributed by atoms with Crippen molar-refractivity contribution < 1.29 is 38.2 Å². The Balaban J connectivity index is 0.00000196. The van der Waals surface area contributed by atoms with Gasteiger partial charge in [-0.15, -0.1) is 0 Å². The molecule has 84 valence electrons. The number of esters is 1. The molecule has 0 atom stereocenters. The van der Waals surface area contributed by atoms with E-state index in [0.29, 0.717) is 5.56 Å². The highest BCUT2D eigenvalue weighted by molar-refractivity contribution is 5.88. The smallest absolute Gasteiger partial charge is 0.339 e. The number of carbonyl (C=O) groups excluding carboxylic acids is 1. The molecule has 0 spiro atoms. The second kappa shape index (κ2) is 7.56. The molecular formula is C10H15IN2O2. The van der Waals surface area contributed by atoms with Crippen molar-refractivity contribution in [1.82, 2.24) is 5.10 Å². The van der Waals surface area contributed by atoms with Gasteiger partial charge in [-0.3, -0.25) is 0 Å². The van der Waals surface area contributed by atoms with Gasteiger partial charge in [0.1, 0.15) is 6.20 Å². The van der Waals surface area contributed by atoms with Crippen LogP contribution >= 0.6 is 0 Å². The topological polar surface area (TPSA) is 43.1 Å². The number of methoxy groups -OCH3 is 1. The van der Waals surface area contributed by atoms with Gasteiger partial charge in [0.05, 0.1) is 12.7 Å². The lowest BCUT2D eigenvalue weighted by Gasteiger charge is -1.96. The van der Waals surface area contributed by atoms with Gasteiger partial charge in [-0.1, -0.05) is 18.0 Å². The number of ether oxygens (including phenoxy) is 1. The highest BCUT2D eigenvalue weighted by atomic mass is 127. The van der Waals surface area contributed by atoms with E-state index in [1.807, 2.05) is 4.68 Å². The Morgan fingerprint density at radius 1 is 1.60 bits per heavy atom. The number of aryl methyl sites for hydroxylation is 1. The van der Waals surface area contributed by atoms with E-state index >= 15 is 0 Å². The summed E-state index contributed by atoms with van der Waals surface area (Å²) >= 11 is 0. The van der Waals surface area contributed by atoms with E-state index < -0.39 is 0 Å². The maximum atomic E-state index is 11.1. The lowest BCUT2D eigenvalue weighted by Crippen LogP contribution is -3.00. The summed E-state index contributed by atoms with van der Waals surface area (Å²) in [7, 11) is 1.36. The van der Waals surface area contributed by atoms with Crippen LogP contribution in [-0.4, -0.2) is 18.2 Å². The Morgan fingerprint density at radius 3 is 2.80 bits per heavy atom. The van der Waals surface area contributed by atoms with Crippen LogP contribution in [0.25, 0.3) is 0 Å². The van der Waals surface area contributed by atoms with Crippen molar-refractivity contribution in [2.24, 2.45) is 0 Å². The van der Waals surface area contributed by atoms with Crippen molar-refractivity contribution in [3.8, 4) is 0 Å². The summed E-state index contributed by atoms with van der Waals surface area (Å²) in [4.78, 5) is 11.1. The van der Waals surface area contributed by atoms with E-state index in [0.717, 1.165) is 19.4 Å². The maximum Gasteiger partial charge on any atom is 0.339 e. The van der Waals surface area contributed by atoms with Crippen molar-refractivity contribution in [3.63, 3.8) is 0 Å². The number of hydrogen-bond donors (Lipinski definition) is 0. The second-order valence-corrected chi connectivity index (χ2v) is 3.02. The zero-order valence-electron chi connectivity index (χ0n) is 8.94. The minimum absolute atomic E-state index is 0. The second-order valence-electron chi connectivity index (χ2n) is 3.02. The predicted molar refractivity (Wildman–Crippen MR) is 50.7 cm³/mol. The van der Waals surface area contributed by atoms with Crippen LogP contribution in [0.3, 0.4) is 0 Å². The van der Waals surface area contributed by atoms with Gasteiger partial charge in [-0.2, -0.15) is 0 Å².